The van der Waals surface area contributed by atoms with Gasteiger partial charge in [0.25, 0.3) is 0 Å². The average molecular weight is 226 g/mol. The molecule has 84 valence electrons. The Morgan fingerprint density at radius 1 is 1.24 bits per heavy atom. The maximum Gasteiger partial charge on any atom is 0.126 e. The number of fused-ring (bicyclic) bond motifs is 1. The van der Waals surface area contributed by atoms with Crippen molar-refractivity contribution in [2.75, 3.05) is 0 Å². The molecule has 1 N–H and O–H groups in total. The van der Waals surface area contributed by atoms with Crippen LogP contribution in [0.25, 0.3) is 22.2 Å². The van der Waals surface area contributed by atoms with Gasteiger partial charge in [0.2, 0.25) is 0 Å². The third-order valence-corrected chi connectivity index (χ3v) is 2.87. The molecule has 0 aliphatic rings. The predicted molar refractivity (Wildman–Crippen MR) is 66.2 cm³/mol. The number of rotatable bonds is 1. The van der Waals surface area contributed by atoms with Crippen LogP contribution in [0.3, 0.4) is 0 Å². The molecule has 0 spiro atoms. The van der Waals surface area contributed by atoms with Gasteiger partial charge in [-0.3, -0.25) is 4.98 Å². The van der Waals surface area contributed by atoms with E-state index in [1.807, 2.05) is 24.3 Å². The minimum atomic E-state index is -0.172. The van der Waals surface area contributed by atoms with Crippen molar-refractivity contribution in [1.82, 2.24) is 9.97 Å². The van der Waals surface area contributed by atoms with E-state index in [1.165, 1.54) is 0 Å². The lowest BCUT2D eigenvalue weighted by molar-refractivity contribution is 0.620. The second-order valence-electron chi connectivity index (χ2n) is 4.11. The molecule has 0 atom stereocenters. The Hall–Kier alpha value is -2.16. The zero-order valence-electron chi connectivity index (χ0n) is 9.37. The van der Waals surface area contributed by atoms with E-state index >= 15 is 0 Å². The summed E-state index contributed by atoms with van der Waals surface area (Å²) in [5, 5.41) is 0.881. The first-order valence-corrected chi connectivity index (χ1v) is 5.43. The first kappa shape index (κ1) is 10.0. The molecule has 3 heteroatoms. The monoisotopic (exact) mass is 226 g/mol. The molecule has 0 aliphatic heterocycles. The van der Waals surface area contributed by atoms with E-state index in [-0.39, 0.29) is 5.82 Å². The zero-order chi connectivity index (χ0) is 11.8. The van der Waals surface area contributed by atoms with Crippen LogP contribution < -0.4 is 0 Å². The second-order valence-corrected chi connectivity index (χ2v) is 4.11. The van der Waals surface area contributed by atoms with Crippen LogP contribution >= 0.6 is 0 Å². The molecule has 3 rings (SSSR count). The van der Waals surface area contributed by atoms with E-state index in [0.29, 0.717) is 5.56 Å². The second kappa shape index (κ2) is 3.70. The van der Waals surface area contributed by atoms with E-state index in [2.05, 4.69) is 9.97 Å². The van der Waals surface area contributed by atoms with Gasteiger partial charge in [-0.05, 0) is 42.8 Å². The van der Waals surface area contributed by atoms with Gasteiger partial charge in [0.15, 0.2) is 0 Å². The van der Waals surface area contributed by atoms with E-state index in [1.54, 1.807) is 25.4 Å². The Labute approximate surface area is 98.1 Å². The fraction of sp³-hybridized carbons (Fsp3) is 0.0714. The van der Waals surface area contributed by atoms with Gasteiger partial charge in [-0.1, -0.05) is 0 Å². The largest absolute Gasteiger partial charge is 0.354 e. The van der Waals surface area contributed by atoms with E-state index in [4.69, 9.17) is 0 Å². The van der Waals surface area contributed by atoms with E-state index < -0.39 is 0 Å². The summed E-state index contributed by atoms with van der Waals surface area (Å²) < 4.78 is 13.4. The van der Waals surface area contributed by atoms with Crippen LogP contribution in [0.5, 0.6) is 0 Å². The first-order chi connectivity index (χ1) is 8.24. The molecule has 0 unspecified atom stereocenters. The van der Waals surface area contributed by atoms with Gasteiger partial charge in [0.05, 0.1) is 0 Å². The van der Waals surface area contributed by atoms with Crippen molar-refractivity contribution in [2.24, 2.45) is 0 Å². The first-order valence-electron chi connectivity index (χ1n) is 5.43. The van der Waals surface area contributed by atoms with Crippen LogP contribution in [-0.4, -0.2) is 9.97 Å². The summed E-state index contributed by atoms with van der Waals surface area (Å²) in [6.45, 7) is 1.76. The Morgan fingerprint density at radius 3 is 2.88 bits per heavy atom. The average Bonchev–Trinajstić information content (AvgIpc) is 2.74. The van der Waals surface area contributed by atoms with Crippen molar-refractivity contribution in [1.29, 1.82) is 0 Å². The third-order valence-electron chi connectivity index (χ3n) is 2.87. The van der Waals surface area contributed by atoms with Gasteiger partial charge in [0, 0.05) is 34.6 Å². The number of benzene rings is 1. The number of hydrogen-bond donors (Lipinski definition) is 1. The van der Waals surface area contributed by atoms with Crippen molar-refractivity contribution in [3.05, 3.63) is 54.1 Å². The topological polar surface area (TPSA) is 28.7 Å². The van der Waals surface area contributed by atoms with Crippen molar-refractivity contribution < 1.29 is 4.39 Å². The van der Waals surface area contributed by atoms with Crippen LogP contribution in [0.2, 0.25) is 0 Å². The van der Waals surface area contributed by atoms with Crippen LogP contribution in [0, 0.1) is 12.7 Å². The molecule has 0 bridgehead atoms. The summed E-state index contributed by atoms with van der Waals surface area (Å²) in [6.07, 6.45) is 3.52. The molecule has 1 aromatic carbocycles. The molecule has 0 radical (unpaired) electrons. The number of aromatic amines is 1. The minimum absolute atomic E-state index is 0.172. The van der Waals surface area contributed by atoms with Crippen molar-refractivity contribution in [3.8, 4) is 11.3 Å². The standard InChI is InChI=1S/C14H11FN2/c1-9-5-13-11(6-12(9)15)7-14(17-13)10-3-2-4-16-8-10/h2-8,17H,1H3. The Balaban J connectivity index is 2.21. The number of halogens is 1. The normalized spacial score (nSPS) is 10.9. The molecule has 0 fully saturated rings. The molecule has 0 saturated carbocycles. The molecule has 3 aromatic rings. The van der Waals surface area contributed by atoms with Gasteiger partial charge in [-0.25, -0.2) is 4.39 Å². The lowest BCUT2D eigenvalue weighted by Crippen LogP contribution is -1.80. The predicted octanol–water partition coefficient (Wildman–Crippen LogP) is 3.68. The summed E-state index contributed by atoms with van der Waals surface area (Å²) in [5.41, 5.74) is 3.56. The fourth-order valence-electron chi connectivity index (χ4n) is 1.94. The van der Waals surface area contributed by atoms with Crippen molar-refractivity contribution >= 4 is 10.9 Å². The Kier molecular flexibility index (Phi) is 2.18. The quantitative estimate of drug-likeness (QED) is 0.673. The number of aromatic nitrogens is 2. The third kappa shape index (κ3) is 1.69. The van der Waals surface area contributed by atoms with Gasteiger partial charge in [-0.15, -0.1) is 0 Å². The number of pyridine rings is 1. The lowest BCUT2D eigenvalue weighted by atomic mass is 10.1. The summed E-state index contributed by atoms with van der Waals surface area (Å²) in [5.74, 6) is -0.172. The highest BCUT2D eigenvalue weighted by Gasteiger charge is 2.06. The zero-order valence-corrected chi connectivity index (χ0v) is 9.37. The Morgan fingerprint density at radius 2 is 2.12 bits per heavy atom. The summed E-state index contributed by atoms with van der Waals surface area (Å²) in [6, 6.07) is 9.17. The SMILES string of the molecule is Cc1cc2[nH]c(-c3cccnc3)cc2cc1F. The highest BCUT2D eigenvalue weighted by molar-refractivity contribution is 5.86. The fourth-order valence-corrected chi connectivity index (χ4v) is 1.94. The lowest BCUT2D eigenvalue weighted by Gasteiger charge is -1.95. The molecule has 0 amide bonds. The maximum atomic E-state index is 13.4. The molecule has 17 heavy (non-hydrogen) atoms. The molecular formula is C14H11FN2. The Bertz CT molecular complexity index is 632. The summed E-state index contributed by atoms with van der Waals surface area (Å²) in [7, 11) is 0. The molecular weight excluding hydrogens is 215 g/mol. The van der Waals surface area contributed by atoms with Crippen LogP contribution in [-0.2, 0) is 0 Å². The number of aryl methyl sites for hydroxylation is 1. The number of nitrogens with zero attached hydrogens (tertiary/aromatic N) is 1. The van der Waals surface area contributed by atoms with Crippen LogP contribution in [0.15, 0.2) is 42.7 Å². The maximum absolute atomic E-state index is 13.4. The van der Waals surface area contributed by atoms with Gasteiger partial charge < -0.3 is 4.98 Å². The van der Waals surface area contributed by atoms with Crippen molar-refractivity contribution in [3.63, 3.8) is 0 Å². The van der Waals surface area contributed by atoms with Crippen molar-refractivity contribution in [2.45, 2.75) is 6.92 Å². The van der Waals surface area contributed by atoms with E-state index in [0.717, 1.165) is 22.2 Å². The molecule has 0 saturated heterocycles. The smallest absolute Gasteiger partial charge is 0.126 e. The molecule has 0 aliphatic carbocycles. The van der Waals surface area contributed by atoms with Crippen LogP contribution in [0.1, 0.15) is 5.56 Å². The highest BCUT2D eigenvalue weighted by Crippen LogP contribution is 2.25. The number of hydrogen-bond acceptors (Lipinski definition) is 1. The molecule has 2 nitrogen and oxygen atoms in total. The van der Waals surface area contributed by atoms with Gasteiger partial charge in [0.1, 0.15) is 5.82 Å². The van der Waals surface area contributed by atoms with E-state index in [9.17, 15) is 4.39 Å². The summed E-state index contributed by atoms with van der Waals surface area (Å²) in [4.78, 5) is 7.35. The van der Waals surface area contributed by atoms with Crippen LogP contribution in [0.4, 0.5) is 4.39 Å². The van der Waals surface area contributed by atoms with Gasteiger partial charge in [-0.2, -0.15) is 0 Å². The number of nitrogens with one attached hydrogen (secondary N) is 1. The molecule has 2 aromatic heterocycles. The molecule has 2 heterocycles. The number of H-pyrrole nitrogens is 1. The van der Waals surface area contributed by atoms with Gasteiger partial charge >= 0.3 is 0 Å². The summed E-state index contributed by atoms with van der Waals surface area (Å²) >= 11 is 0. The minimum Gasteiger partial charge on any atom is -0.354 e. The highest BCUT2D eigenvalue weighted by atomic mass is 19.1.